The quantitative estimate of drug-likeness (QED) is 0.947. The van der Waals surface area contributed by atoms with Crippen molar-refractivity contribution in [2.75, 3.05) is 0 Å². The SMILES string of the molecule is Cc1nn(Cc2cc(CN)c(C)o2)c(C)c1Br. The second-order valence-electron chi connectivity index (χ2n) is 4.14. The van der Waals surface area contributed by atoms with Gasteiger partial charge < -0.3 is 10.2 Å². The van der Waals surface area contributed by atoms with Gasteiger partial charge in [0.25, 0.3) is 0 Å². The van der Waals surface area contributed by atoms with Crippen LogP contribution in [-0.2, 0) is 13.1 Å². The first kappa shape index (κ1) is 12.4. The summed E-state index contributed by atoms with van der Waals surface area (Å²) in [5.74, 6) is 1.78. The van der Waals surface area contributed by atoms with Crippen LogP contribution in [0.5, 0.6) is 0 Å². The Morgan fingerprint density at radius 1 is 1.41 bits per heavy atom. The van der Waals surface area contributed by atoms with E-state index < -0.39 is 0 Å². The Hall–Kier alpha value is -1.07. The van der Waals surface area contributed by atoms with Gasteiger partial charge in [0.1, 0.15) is 11.5 Å². The van der Waals surface area contributed by atoms with Crippen molar-refractivity contribution >= 4 is 15.9 Å². The molecule has 0 saturated carbocycles. The van der Waals surface area contributed by atoms with E-state index in [9.17, 15) is 0 Å². The van der Waals surface area contributed by atoms with Crippen LogP contribution in [0.3, 0.4) is 0 Å². The molecule has 0 aromatic carbocycles. The summed E-state index contributed by atoms with van der Waals surface area (Å²) in [6, 6.07) is 2.00. The lowest BCUT2D eigenvalue weighted by molar-refractivity contribution is 0.454. The third-order valence-electron chi connectivity index (χ3n) is 2.89. The average Bonchev–Trinajstić information content (AvgIpc) is 2.76. The molecule has 0 aliphatic rings. The van der Waals surface area contributed by atoms with Crippen molar-refractivity contribution in [2.45, 2.75) is 33.9 Å². The number of nitrogens with zero attached hydrogens (tertiary/aromatic N) is 2. The molecule has 5 heteroatoms. The van der Waals surface area contributed by atoms with Crippen LogP contribution in [0.25, 0.3) is 0 Å². The lowest BCUT2D eigenvalue weighted by Crippen LogP contribution is -2.03. The highest BCUT2D eigenvalue weighted by Gasteiger charge is 2.12. The minimum absolute atomic E-state index is 0.510. The minimum atomic E-state index is 0.510. The molecule has 0 aliphatic heterocycles. The van der Waals surface area contributed by atoms with E-state index >= 15 is 0 Å². The summed E-state index contributed by atoms with van der Waals surface area (Å²) < 4.78 is 8.64. The van der Waals surface area contributed by atoms with E-state index in [0.29, 0.717) is 13.1 Å². The second kappa shape index (κ2) is 4.66. The standard InChI is InChI=1S/C12H16BrN3O/c1-7-12(13)8(2)16(15-7)6-11-4-10(5-14)9(3)17-11/h4H,5-6,14H2,1-3H3. The van der Waals surface area contributed by atoms with Crippen molar-refractivity contribution in [1.82, 2.24) is 9.78 Å². The molecule has 2 N–H and O–H groups in total. The van der Waals surface area contributed by atoms with Crippen molar-refractivity contribution in [3.05, 3.63) is 39.0 Å². The number of aryl methyl sites for hydroxylation is 2. The normalized spacial score (nSPS) is 11.1. The molecule has 0 bridgehead atoms. The second-order valence-corrected chi connectivity index (χ2v) is 4.93. The van der Waals surface area contributed by atoms with Crippen LogP contribution >= 0.6 is 15.9 Å². The summed E-state index contributed by atoms with van der Waals surface area (Å²) >= 11 is 3.51. The van der Waals surface area contributed by atoms with Crippen LogP contribution in [0.2, 0.25) is 0 Å². The van der Waals surface area contributed by atoms with E-state index in [1.807, 2.05) is 31.5 Å². The monoisotopic (exact) mass is 297 g/mol. The molecule has 0 amide bonds. The first-order chi connectivity index (χ1) is 8.02. The summed E-state index contributed by atoms with van der Waals surface area (Å²) in [4.78, 5) is 0. The lowest BCUT2D eigenvalue weighted by Gasteiger charge is -2.01. The summed E-state index contributed by atoms with van der Waals surface area (Å²) in [7, 11) is 0. The number of rotatable bonds is 3. The van der Waals surface area contributed by atoms with Gasteiger partial charge in [-0.3, -0.25) is 4.68 Å². The van der Waals surface area contributed by atoms with Gasteiger partial charge in [0.15, 0.2) is 0 Å². The Morgan fingerprint density at radius 3 is 2.59 bits per heavy atom. The maximum absolute atomic E-state index is 5.66. The fourth-order valence-electron chi connectivity index (χ4n) is 1.84. The Morgan fingerprint density at radius 2 is 2.12 bits per heavy atom. The third kappa shape index (κ3) is 2.30. The van der Waals surface area contributed by atoms with E-state index in [-0.39, 0.29) is 0 Å². The smallest absolute Gasteiger partial charge is 0.125 e. The number of furan rings is 1. The summed E-state index contributed by atoms with van der Waals surface area (Å²) in [5, 5.41) is 4.45. The van der Waals surface area contributed by atoms with Crippen LogP contribution < -0.4 is 5.73 Å². The van der Waals surface area contributed by atoms with Gasteiger partial charge in [-0.2, -0.15) is 5.10 Å². The Balaban J connectivity index is 2.28. The highest BCUT2D eigenvalue weighted by atomic mass is 79.9. The zero-order chi connectivity index (χ0) is 12.6. The Labute approximate surface area is 109 Å². The van der Waals surface area contributed by atoms with Crippen molar-refractivity contribution in [1.29, 1.82) is 0 Å². The number of hydrogen-bond donors (Lipinski definition) is 1. The lowest BCUT2D eigenvalue weighted by atomic mass is 10.2. The highest BCUT2D eigenvalue weighted by molar-refractivity contribution is 9.10. The molecule has 0 radical (unpaired) electrons. The van der Waals surface area contributed by atoms with Gasteiger partial charge in [0, 0.05) is 12.1 Å². The van der Waals surface area contributed by atoms with E-state index in [0.717, 1.165) is 32.9 Å². The number of hydrogen-bond acceptors (Lipinski definition) is 3. The molecule has 2 rings (SSSR count). The molecule has 0 aliphatic carbocycles. The largest absolute Gasteiger partial charge is 0.464 e. The molecule has 17 heavy (non-hydrogen) atoms. The van der Waals surface area contributed by atoms with E-state index in [1.165, 1.54) is 0 Å². The van der Waals surface area contributed by atoms with Crippen molar-refractivity contribution in [3.63, 3.8) is 0 Å². The maximum atomic E-state index is 5.66. The molecule has 0 saturated heterocycles. The molecule has 2 aromatic heterocycles. The Bertz CT molecular complexity index is 542. The van der Waals surface area contributed by atoms with Gasteiger partial charge in [0.2, 0.25) is 0 Å². The van der Waals surface area contributed by atoms with Crippen molar-refractivity contribution in [2.24, 2.45) is 5.73 Å². The fourth-order valence-corrected chi connectivity index (χ4v) is 2.13. The molecular formula is C12H16BrN3O. The van der Waals surface area contributed by atoms with Gasteiger partial charge in [0.05, 0.1) is 22.4 Å². The number of aromatic nitrogens is 2. The van der Waals surface area contributed by atoms with E-state index in [1.54, 1.807) is 0 Å². The first-order valence-electron chi connectivity index (χ1n) is 5.50. The van der Waals surface area contributed by atoms with Crippen LogP contribution in [0.15, 0.2) is 15.0 Å². The predicted octanol–water partition coefficient (Wildman–Crippen LogP) is 2.67. The predicted molar refractivity (Wildman–Crippen MR) is 69.8 cm³/mol. The average molecular weight is 298 g/mol. The van der Waals surface area contributed by atoms with Crippen molar-refractivity contribution < 1.29 is 4.42 Å². The molecule has 2 heterocycles. The van der Waals surface area contributed by atoms with Crippen LogP contribution in [0.4, 0.5) is 0 Å². The first-order valence-corrected chi connectivity index (χ1v) is 6.30. The van der Waals surface area contributed by atoms with Crippen LogP contribution in [0, 0.1) is 20.8 Å². The van der Waals surface area contributed by atoms with E-state index in [4.69, 9.17) is 10.2 Å². The van der Waals surface area contributed by atoms with Crippen LogP contribution in [0.1, 0.15) is 28.5 Å². The molecular weight excluding hydrogens is 282 g/mol. The zero-order valence-electron chi connectivity index (χ0n) is 10.2. The topological polar surface area (TPSA) is 57.0 Å². The van der Waals surface area contributed by atoms with Crippen LogP contribution in [-0.4, -0.2) is 9.78 Å². The summed E-state index contributed by atoms with van der Waals surface area (Å²) in [5.41, 5.74) is 8.77. The molecule has 0 atom stereocenters. The maximum Gasteiger partial charge on any atom is 0.125 e. The molecule has 0 fully saturated rings. The summed E-state index contributed by atoms with van der Waals surface area (Å²) in [6.07, 6.45) is 0. The molecule has 0 spiro atoms. The third-order valence-corrected chi connectivity index (χ3v) is 4.04. The summed E-state index contributed by atoms with van der Waals surface area (Å²) in [6.45, 7) is 7.09. The molecule has 4 nitrogen and oxygen atoms in total. The van der Waals surface area contributed by atoms with Gasteiger partial charge >= 0.3 is 0 Å². The van der Waals surface area contributed by atoms with Gasteiger partial charge in [-0.05, 0) is 42.8 Å². The number of halogens is 1. The Kier molecular flexibility index (Phi) is 3.40. The molecule has 2 aromatic rings. The molecule has 0 unspecified atom stereocenters. The minimum Gasteiger partial charge on any atom is -0.464 e. The van der Waals surface area contributed by atoms with Crippen molar-refractivity contribution in [3.8, 4) is 0 Å². The van der Waals surface area contributed by atoms with E-state index in [2.05, 4.69) is 21.0 Å². The van der Waals surface area contributed by atoms with Gasteiger partial charge in [-0.25, -0.2) is 0 Å². The highest BCUT2D eigenvalue weighted by Crippen LogP contribution is 2.22. The fraction of sp³-hybridized carbons (Fsp3) is 0.417. The number of nitrogens with two attached hydrogens (primary N) is 1. The molecule has 92 valence electrons. The van der Waals surface area contributed by atoms with Gasteiger partial charge in [-0.15, -0.1) is 0 Å². The zero-order valence-corrected chi connectivity index (χ0v) is 11.8. The van der Waals surface area contributed by atoms with Gasteiger partial charge in [-0.1, -0.05) is 0 Å².